The minimum atomic E-state index is -1.00. The molecular weight excluding hydrogens is 1800 g/mol. The second kappa shape index (κ2) is 58.9. The van der Waals surface area contributed by atoms with Crippen LogP contribution in [0, 0.1) is 61.7 Å². The lowest BCUT2D eigenvalue weighted by Crippen LogP contribution is -2.42. The molecule has 2 aromatic carbocycles. The van der Waals surface area contributed by atoms with Crippen LogP contribution in [0.5, 0.6) is 0 Å². The third-order valence-electron chi connectivity index (χ3n) is 25.3. The fourth-order valence-electron chi connectivity index (χ4n) is 17.9. The molecule has 9 heterocycles. The predicted molar refractivity (Wildman–Crippen MR) is 559 cm³/mol. The Morgan fingerprint density at radius 2 is 0.978 bits per heavy atom. The second-order valence-corrected chi connectivity index (χ2v) is 37.1. The van der Waals surface area contributed by atoms with Crippen molar-refractivity contribution in [2.45, 2.75) is 215 Å². The van der Waals surface area contributed by atoms with E-state index >= 15 is 0 Å². The number of pyridine rings is 5. The van der Waals surface area contributed by atoms with Gasteiger partial charge in [-0.2, -0.15) is 15.8 Å². The van der Waals surface area contributed by atoms with Crippen LogP contribution in [-0.2, 0) is 80.8 Å². The van der Waals surface area contributed by atoms with Gasteiger partial charge in [-0.1, -0.05) is 42.8 Å². The molecular formula is C104H155Cl2FN20O11. The number of alkyl halides is 1. The molecule has 138 heavy (non-hydrogen) atoms. The molecule has 0 atom stereocenters. The number of fused-ring (bicyclic) bond motifs is 4. The van der Waals surface area contributed by atoms with Crippen molar-refractivity contribution < 1.29 is 35.0 Å². The maximum absolute atomic E-state index is 13.6. The first-order valence-electron chi connectivity index (χ1n) is 47.3. The van der Waals surface area contributed by atoms with Crippen molar-refractivity contribution in [1.29, 1.82) is 15.8 Å². The molecule has 6 aliphatic rings. The van der Waals surface area contributed by atoms with Crippen molar-refractivity contribution in [2.24, 2.45) is 5.73 Å². The molecule has 1 amide bonds. The van der Waals surface area contributed by atoms with Crippen LogP contribution in [0.25, 0.3) is 18.2 Å². The van der Waals surface area contributed by atoms with E-state index in [-0.39, 0.29) is 59.7 Å². The summed E-state index contributed by atoms with van der Waals surface area (Å²) in [6.45, 7) is 19.3. The highest BCUT2D eigenvalue weighted by Crippen LogP contribution is 2.37. The zero-order chi connectivity index (χ0) is 103. The van der Waals surface area contributed by atoms with E-state index in [1.54, 1.807) is 61.5 Å². The van der Waals surface area contributed by atoms with E-state index in [0.29, 0.717) is 92.9 Å². The van der Waals surface area contributed by atoms with Crippen molar-refractivity contribution in [3.05, 3.63) is 241 Å². The van der Waals surface area contributed by atoms with Crippen molar-refractivity contribution in [1.82, 2.24) is 62.6 Å². The number of allylic oxidation sites excluding steroid dienone is 2. The van der Waals surface area contributed by atoms with Gasteiger partial charge in [0, 0.05) is 204 Å². The largest absolute Gasteiger partial charge is 0.478 e. The highest BCUT2D eigenvalue weighted by Gasteiger charge is 2.32. The molecule has 0 saturated heterocycles. The molecule has 5 aromatic heterocycles. The number of nitrogens with zero attached hydrogens (tertiary/aromatic N) is 17. The summed E-state index contributed by atoms with van der Waals surface area (Å²) in [6.07, 6.45) is 26.8. The van der Waals surface area contributed by atoms with Gasteiger partial charge in [-0.3, -0.25) is 38.1 Å². The van der Waals surface area contributed by atoms with Crippen LogP contribution in [0.3, 0.4) is 0 Å². The quantitative estimate of drug-likeness (QED) is 0.0236. The minimum Gasteiger partial charge on any atom is -0.478 e. The number of nitriles is 3. The lowest BCUT2D eigenvalue weighted by Gasteiger charge is -2.40. The van der Waals surface area contributed by atoms with Gasteiger partial charge in [0.1, 0.15) is 34.9 Å². The molecule has 2 aliphatic carbocycles. The van der Waals surface area contributed by atoms with Crippen LogP contribution in [-0.4, -0.2) is 270 Å². The van der Waals surface area contributed by atoms with Gasteiger partial charge in [0.15, 0.2) is 0 Å². The topological polar surface area (TPSA) is 368 Å². The summed E-state index contributed by atoms with van der Waals surface area (Å²) in [5.74, 6) is 4.27. The number of hydrogen-bond donors (Lipinski definition) is 5. The first-order valence-corrected chi connectivity index (χ1v) is 47.4. The summed E-state index contributed by atoms with van der Waals surface area (Å²) in [4.78, 5) is 105. The van der Waals surface area contributed by atoms with Gasteiger partial charge in [0.25, 0.3) is 33.7 Å². The normalized spacial score (nSPS) is 15.5. The molecule has 7 aromatic rings. The van der Waals surface area contributed by atoms with Gasteiger partial charge in [0.05, 0.1) is 14.1 Å². The zero-order valence-electron chi connectivity index (χ0n) is 86.1. The monoisotopic (exact) mass is 1950 g/mol. The molecule has 13 rings (SSSR count). The summed E-state index contributed by atoms with van der Waals surface area (Å²) < 4.78 is 33.2. The number of aromatic carboxylic acids is 1. The van der Waals surface area contributed by atoms with Crippen LogP contribution in [0.4, 0.5) is 15.8 Å². The average molecular weight is 1950 g/mol. The Morgan fingerprint density at radius 1 is 0.572 bits per heavy atom. The van der Waals surface area contributed by atoms with E-state index in [2.05, 4.69) is 88.9 Å². The predicted octanol–water partition coefficient (Wildman–Crippen LogP) is 12.0. The number of aliphatic hydroxyl groups is 1. The SMILES string of the molecule is C.CCN(c1cc(Cl)cc(C(=O)NCc2c(CCN(C)C)cc3n(c2=O)CCC3)c1C)C1CCC(N(C)C)CC1.CCN(c1cc(Cl)cc(C(=O)O)c1C)C1CCC(N(C)C)CC1.CN(C)/C=C/c1cc2n(c(=O)c1C#N)CC=C2.CN(C)CCc1cc2n(c(=O)c1C#N)CC=C2.CN(C)CCc1cc2n(c(=O)c1CN)CCC2.CO.COC(OC)N(C)C.Cc1cc(C)n(N)c(=O)c1C#N.[2H]CF. The van der Waals surface area contributed by atoms with E-state index in [0.717, 1.165) is 190 Å². The fraction of sp³-hybridized carbons (Fsp3) is 0.538. The Bertz CT molecular complexity index is 5740. The fourth-order valence-corrected chi connectivity index (χ4v) is 18.3. The number of carbonyl (C=O) groups is 2. The molecule has 4 aliphatic heterocycles. The van der Waals surface area contributed by atoms with Crippen molar-refractivity contribution in [3.63, 3.8) is 0 Å². The molecule has 0 bridgehead atoms. The van der Waals surface area contributed by atoms with Crippen molar-refractivity contribution in [2.75, 3.05) is 176 Å². The number of nitrogen functional groups attached to an aromatic ring is 1. The van der Waals surface area contributed by atoms with Gasteiger partial charge in [-0.25, -0.2) is 9.47 Å². The lowest BCUT2D eigenvalue weighted by atomic mass is 9.89. The van der Waals surface area contributed by atoms with E-state index in [4.69, 9.17) is 66.5 Å². The summed E-state index contributed by atoms with van der Waals surface area (Å²) >= 11 is 12.8. The van der Waals surface area contributed by atoms with Crippen LogP contribution in [0.2, 0.25) is 10.0 Å². The van der Waals surface area contributed by atoms with E-state index < -0.39 is 18.7 Å². The van der Waals surface area contributed by atoms with Crippen LogP contribution >= 0.6 is 23.2 Å². The first kappa shape index (κ1) is 118. The van der Waals surface area contributed by atoms with Crippen LogP contribution in [0.1, 0.15) is 203 Å². The number of anilines is 2. The highest BCUT2D eigenvalue weighted by molar-refractivity contribution is 6.31. The zero-order valence-corrected chi connectivity index (χ0v) is 86.6. The van der Waals surface area contributed by atoms with Crippen LogP contribution in [0.15, 0.2) is 96.9 Å². The Morgan fingerprint density at radius 3 is 1.37 bits per heavy atom. The number of aliphatic hydroxyl groups excluding tert-OH is 1. The Labute approximate surface area is 829 Å². The molecule has 2 fully saturated rings. The van der Waals surface area contributed by atoms with Crippen LogP contribution < -0.4 is 54.5 Å². The molecule has 758 valence electrons. The van der Waals surface area contributed by atoms with E-state index in [1.165, 1.54) is 31.4 Å². The molecule has 0 spiro atoms. The molecule has 31 nitrogen and oxygen atoms in total. The number of carboxylic acids is 1. The number of aryl methyl sites for hydroxylation is 4. The summed E-state index contributed by atoms with van der Waals surface area (Å²) in [5.41, 5.74) is 20.9. The van der Waals surface area contributed by atoms with Gasteiger partial charge in [-0.05, 0) is 335 Å². The number of methoxy groups -OCH3 is 2. The number of hydrogen-bond acceptors (Lipinski definition) is 24. The Hall–Kier alpha value is -10.9. The molecule has 7 N–H and O–H groups in total. The number of likely N-dealkylation sites (N-methyl/N-ethyl adjacent to an activating group) is 3. The third-order valence-corrected chi connectivity index (χ3v) is 25.8. The maximum Gasteiger partial charge on any atom is 0.336 e. The number of ether oxygens (including phenoxy) is 2. The number of carboxylic acid groups (broad SMARTS) is 1. The van der Waals surface area contributed by atoms with E-state index in [1.807, 2.05) is 181 Å². The summed E-state index contributed by atoms with van der Waals surface area (Å²) in [7, 11) is 31.5. The Balaban J connectivity index is 0.000000352. The van der Waals surface area contributed by atoms with Crippen molar-refractivity contribution >= 4 is 64.7 Å². The second-order valence-electron chi connectivity index (χ2n) is 36.3. The minimum absolute atomic E-state index is 0. The number of rotatable bonds is 27. The highest BCUT2D eigenvalue weighted by atomic mass is 35.5. The Kier molecular flexibility index (Phi) is 50.2. The van der Waals surface area contributed by atoms with Gasteiger partial charge >= 0.3 is 5.97 Å². The van der Waals surface area contributed by atoms with E-state index in [9.17, 15) is 43.1 Å². The summed E-state index contributed by atoms with van der Waals surface area (Å²) in [5, 5.41) is 47.3. The smallest absolute Gasteiger partial charge is 0.336 e. The summed E-state index contributed by atoms with van der Waals surface area (Å²) in [6, 6.07) is 25.1. The van der Waals surface area contributed by atoms with Gasteiger partial charge in [0.2, 0.25) is 6.41 Å². The standard InChI is InChI=1S/C31H46ClN5O2.C18H27ClN2O2.C13H21N3O.C13H15N3O.C13H13N3O.C8H9N3O.C5H13NO2.CH3F.CH4O.CH4/c1-7-36(25-12-10-24(11-13-25)35(5)6)29-19-23(32)18-27(21(29)2)30(38)33-20-28-22(14-16-34(3)4)17-26-9-8-15-37(26)31(28)39;1-5-21(15-8-6-14(7-9-15)20(3)4)17-11-13(19)10-16(12(17)2)18(22)23;3*1-15(2)7-5-10-8-11-4-3-6-16(11)13(17)12(10)9-14;1-5-3-6(2)11(10)8(12)7(5)4-9;1-6(2)5(7-3)8-4;2*1-2;/h17-19,24-25H,7-16,20H2,1-6H3,(H,33,38);10-11,14-15H,5-9H2,1-4H3,(H,22,23);8H,3-7,9,14H2,1-2H3;3-4,8H,5-7H2,1-2H3;3-5,7-8H,6H2,1-2H3;3H,10H2,1-2H3;5H,1-4H3;1H3;2H,1H3;1H4/b;;;;7-5+;;;;;/i;;;;;;;1D;;. The lowest BCUT2D eigenvalue weighted by molar-refractivity contribution is -0.179. The molecule has 0 radical (unpaired) electrons. The number of halogens is 3. The number of amides is 1. The number of aromatic nitrogens is 5. The molecule has 34 heteroatoms. The van der Waals surface area contributed by atoms with Gasteiger partial charge < -0.3 is 94.0 Å². The number of benzene rings is 2. The average Bonchev–Trinajstić information content (AvgIpc) is 1.68. The molecule has 2 saturated carbocycles. The number of nitrogens with one attached hydrogen (secondary N) is 1. The number of carbonyl (C=O) groups excluding carboxylic acids is 1. The first-order chi connectivity index (χ1) is 65.5. The van der Waals surface area contributed by atoms with Crippen molar-refractivity contribution in [3.8, 4) is 18.2 Å². The maximum atomic E-state index is 13.6. The van der Waals surface area contributed by atoms with Gasteiger partial charge in [-0.15, -0.1) is 0 Å². The third kappa shape index (κ3) is 32.9. The molecule has 0 unspecified atom stereocenters. The number of nitrogens with two attached hydrogens (primary N) is 2.